The van der Waals surface area contributed by atoms with Gasteiger partial charge in [-0.3, -0.25) is 0 Å². The molecule has 1 unspecified atom stereocenters. The van der Waals surface area contributed by atoms with Crippen molar-refractivity contribution in [3.05, 3.63) is 0 Å². The van der Waals surface area contributed by atoms with Crippen molar-refractivity contribution >= 4 is 0 Å². The molecule has 0 rings (SSSR count). The van der Waals surface area contributed by atoms with E-state index in [0.29, 0.717) is 0 Å². The van der Waals surface area contributed by atoms with Crippen LogP contribution in [0.15, 0.2) is 0 Å². The van der Waals surface area contributed by atoms with Crippen molar-refractivity contribution in [1.29, 1.82) is 0 Å². The summed E-state index contributed by atoms with van der Waals surface area (Å²) in [5, 5.41) is 0. The van der Waals surface area contributed by atoms with E-state index < -0.39 is 0 Å². The molecule has 1 heteroatoms. The minimum Gasteiger partial charge on any atom is -0.324 e. The highest BCUT2D eigenvalue weighted by atomic mass is 15.3. The Hall–Kier alpha value is -0.0400. The molecule has 0 bridgehead atoms. The average Bonchev–Trinajstić information content (AvgIpc) is 2.67. The largest absolute Gasteiger partial charge is 0.324 e. The van der Waals surface area contributed by atoms with E-state index >= 15 is 0 Å². The van der Waals surface area contributed by atoms with Crippen LogP contribution in [-0.2, 0) is 0 Å². The van der Waals surface area contributed by atoms with Crippen LogP contribution in [0.1, 0.15) is 143 Å². The summed E-state index contributed by atoms with van der Waals surface area (Å²) >= 11 is 0. The third-order valence-electron chi connectivity index (χ3n) is 6.83. The minimum atomic E-state index is 0.845. The Labute approximate surface area is 174 Å². The van der Waals surface area contributed by atoms with Crippen molar-refractivity contribution in [3.63, 3.8) is 0 Å². The fourth-order valence-corrected chi connectivity index (χ4v) is 4.41. The van der Waals surface area contributed by atoms with Gasteiger partial charge in [0.25, 0.3) is 0 Å². The Bertz CT molecular complexity index is 270. The first kappa shape index (κ1) is 27.0. The zero-order valence-corrected chi connectivity index (χ0v) is 20.2. The highest BCUT2D eigenvalue weighted by Gasteiger charge is 2.27. The number of hydrogen-bond acceptors (Lipinski definition) is 0. The Morgan fingerprint density at radius 2 is 0.815 bits per heavy atom. The molecular formula is C26H56N+. The van der Waals surface area contributed by atoms with Crippen LogP contribution >= 0.6 is 0 Å². The first-order valence-corrected chi connectivity index (χ1v) is 12.9. The van der Waals surface area contributed by atoms with Gasteiger partial charge in [0.15, 0.2) is 0 Å². The molecule has 0 fully saturated rings. The summed E-state index contributed by atoms with van der Waals surface area (Å²) in [6, 6.07) is 0.845. The first-order valence-electron chi connectivity index (χ1n) is 12.9. The van der Waals surface area contributed by atoms with Gasteiger partial charge in [0, 0.05) is 0 Å². The van der Waals surface area contributed by atoms with Gasteiger partial charge < -0.3 is 4.48 Å². The minimum absolute atomic E-state index is 0.845. The van der Waals surface area contributed by atoms with E-state index in [9.17, 15) is 0 Å². The summed E-state index contributed by atoms with van der Waals surface area (Å²) in [6.45, 7) is 12.3. The van der Waals surface area contributed by atoms with Crippen molar-refractivity contribution in [1.82, 2.24) is 0 Å². The standard InChI is InChI=1S/C26H56N/c1-6-9-12-15-18-21-24-27(5,25-22-19-16-13-10-7-2)26(4)23-20-17-14-11-8-3/h26H,6-25H2,1-5H3/q+1. The Kier molecular flexibility index (Phi) is 19.3. The van der Waals surface area contributed by atoms with Crippen molar-refractivity contribution in [2.24, 2.45) is 0 Å². The monoisotopic (exact) mass is 382 g/mol. The summed E-state index contributed by atoms with van der Waals surface area (Å²) in [4.78, 5) is 0. The zero-order valence-electron chi connectivity index (χ0n) is 20.2. The van der Waals surface area contributed by atoms with Gasteiger partial charge in [-0.1, -0.05) is 97.8 Å². The van der Waals surface area contributed by atoms with E-state index in [1.54, 1.807) is 0 Å². The molecular weight excluding hydrogens is 326 g/mol. The summed E-state index contributed by atoms with van der Waals surface area (Å²) in [5.74, 6) is 0. The third-order valence-corrected chi connectivity index (χ3v) is 6.83. The van der Waals surface area contributed by atoms with E-state index in [2.05, 4.69) is 34.7 Å². The molecule has 0 amide bonds. The molecule has 0 radical (unpaired) electrons. The summed E-state index contributed by atoms with van der Waals surface area (Å²) < 4.78 is 1.34. The molecule has 0 heterocycles. The van der Waals surface area contributed by atoms with Crippen molar-refractivity contribution in [2.45, 2.75) is 149 Å². The van der Waals surface area contributed by atoms with Gasteiger partial charge in [0.1, 0.15) is 0 Å². The predicted molar refractivity (Wildman–Crippen MR) is 126 cm³/mol. The van der Waals surface area contributed by atoms with Crippen LogP contribution in [0.4, 0.5) is 0 Å². The van der Waals surface area contributed by atoms with Crippen LogP contribution in [0, 0.1) is 0 Å². The quantitative estimate of drug-likeness (QED) is 0.137. The second-order valence-electron chi connectivity index (χ2n) is 9.51. The molecule has 0 saturated heterocycles. The molecule has 0 aromatic heterocycles. The lowest BCUT2D eigenvalue weighted by Crippen LogP contribution is -2.52. The number of unbranched alkanes of at least 4 members (excludes halogenated alkanes) is 14. The second kappa shape index (κ2) is 19.3. The molecule has 0 aliphatic carbocycles. The van der Waals surface area contributed by atoms with Gasteiger partial charge in [-0.2, -0.15) is 0 Å². The van der Waals surface area contributed by atoms with E-state index in [-0.39, 0.29) is 0 Å². The fourth-order valence-electron chi connectivity index (χ4n) is 4.41. The number of nitrogens with zero attached hydrogens (tertiary/aromatic N) is 1. The molecule has 0 aliphatic rings. The number of hydrogen-bond donors (Lipinski definition) is 0. The topological polar surface area (TPSA) is 0 Å². The summed E-state index contributed by atoms with van der Waals surface area (Å²) in [5.41, 5.74) is 0. The van der Waals surface area contributed by atoms with Crippen LogP contribution in [0.25, 0.3) is 0 Å². The smallest absolute Gasteiger partial charge is 0.0859 e. The molecule has 27 heavy (non-hydrogen) atoms. The maximum Gasteiger partial charge on any atom is 0.0859 e. The van der Waals surface area contributed by atoms with Crippen LogP contribution in [-0.4, -0.2) is 30.7 Å². The van der Waals surface area contributed by atoms with E-state index in [1.165, 1.54) is 133 Å². The van der Waals surface area contributed by atoms with Gasteiger partial charge in [0.2, 0.25) is 0 Å². The Morgan fingerprint density at radius 1 is 0.481 bits per heavy atom. The first-order chi connectivity index (χ1) is 13.1. The number of rotatable bonds is 21. The maximum atomic E-state index is 2.58. The molecule has 0 N–H and O–H groups in total. The summed E-state index contributed by atoms with van der Waals surface area (Å²) in [7, 11) is 2.58. The van der Waals surface area contributed by atoms with Crippen molar-refractivity contribution in [2.75, 3.05) is 20.1 Å². The molecule has 0 spiro atoms. The molecule has 0 aliphatic heterocycles. The van der Waals surface area contributed by atoms with Crippen LogP contribution in [0.5, 0.6) is 0 Å². The Balaban J connectivity index is 4.26. The van der Waals surface area contributed by atoms with Gasteiger partial charge in [-0.05, 0) is 45.4 Å². The lowest BCUT2D eigenvalue weighted by atomic mass is 10.0. The third kappa shape index (κ3) is 15.5. The molecule has 1 nitrogen and oxygen atoms in total. The number of quaternary nitrogens is 1. The van der Waals surface area contributed by atoms with Crippen LogP contribution in [0.3, 0.4) is 0 Å². The van der Waals surface area contributed by atoms with E-state index in [4.69, 9.17) is 0 Å². The van der Waals surface area contributed by atoms with E-state index in [0.717, 1.165) is 6.04 Å². The Morgan fingerprint density at radius 3 is 1.22 bits per heavy atom. The highest BCUT2D eigenvalue weighted by molar-refractivity contribution is 4.57. The highest BCUT2D eigenvalue weighted by Crippen LogP contribution is 2.21. The predicted octanol–water partition coefficient (Wildman–Crippen LogP) is 8.90. The van der Waals surface area contributed by atoms with Crippen LogP contribution < -0.4 is 0 Å². The van der Waals surface area contributed by atoms with Gasteiger partial charge in [-0.15, -0.1) is 0 Å². The molecule has 0 aromatic carbocycles. The van der Waals surface area contributed by atoms with Crippen LogP contribution in [0.2, 0.25) is 0 Å². The molecule has 164 valence electrons. The molecule has 0 aromatic rings. The van der Waals surface area contributed by atoms with Crippen molar-refractivity contribution < 1.29 is 4.48 Å². The molecule has 0 saturated carbocycles. The maximum absolute atomic E-state index is 2.58. The zero-order chi connectivity index (χ0) is 20.2. The lowest BCUT2D eigenvalue weighted by Gasteiger charge is -2.41. The average molecular weight is 383 g/mol. The van der Waals surface area contributed by atoms with Gasteiger partial charge in [-0.25, -0.2) is 0 Å². The molecule has 1 atom stereocenters. The lowest BCUT2D eigenvalue weighted by molar-refractivity contribution is -0.932. The normalized spacial score (nSPS) is 13.2. The van der Waals surface area contributed by atoms with E-state index in [1.807, 2.05) is 0 Å². The fraction of sp³-hybridized carbons (Fsp3) is 1.00. The van der Waals surface area contributed by atoms with Gasteiger partial charge >= 0.3 is 0 Å². The second-order valence-corrected chi connectivity index (χ2v) is 9.51. The SMILES string of the molecule is CCCCCCCC[N+](C)(CCCCCCCC)C(C)CCCCCCC. The van der Waals surface area contributed by atoms with Gasteiger partial charge in [0.05, 0.1) is 26.2 Å². The van der Waals surface area contributed by atoms with Crippen molar-refractivity contribution in [3.8, 4) is 0 Å². The summed E-state index contributed by atoms with van der Waals surface area (Å²) in [6.07, 6.45) is 25.7.